The zero-order chi connectivity index (χ0) is 7.70. The molecule has 0 aliphatic rings. The Labute approximate surface area is 56.7 Å². The summed E-state index contributed by atoms with van der Waals surface area (Å²) >= 11 is 0. The predicted octanol–water partition coefficient (Wildman–Crippen LogP) is 0.761. The van der Waals surface area contributed by atoms with E-state index in [4.69, 9.17) is 5.11 Å². The standard InChI is InChI=1S/C3H9O3P.CH4O/c1-4-7(5-2)6-3;1-2/h1-3H3;2H,1H3. The average Bonchev–Trinajstić information content (AvgIpc) is 1.96. The third-order valence-corrected chi connectivity index (χ3v) is 1.34. The van der Waals surface area contributed by atoms with Gasteiger partial charge in [0.1, 0.15) is 0 Å². The van der Waals surface area contributed by atoms with Gasteiger partial charge in [0.2, 0.25) is 0 Å². The van der Waals surface area contributed by atoms with Gasteiger partial charge < -0.3 is 18.7 Å². The van der Waals surface area contributed by atoms with Crippen molar-refractivity contribution in [3.05, 3.63) is 0 Å². The van der Waals surface area contributed by atoms with Crippen molar-refractivity contribution in [1.29, 1.82) is 0 Å². The molecule has 0 spiro atoms. The van der Waals surface area contributed by atoms with Gasteiger partial charge in [-0.2, -0.15) is 0 Å². The summed E-state index contributed by atoms with van der Waals surface area (Å²) in [5, 5.41) is 7.00. The predicted molar refractivity (Wildman–Crippen MR) is 36.1 cm³/mol. The van der Waals surface area contributed by atoms with Crippen LogP contribution < -0.4 is 0 Å². The fourth-order valence-electron chi connectivity index (χ4n) is 0.224. The molecule has 1 N–H and O–H groups in total. The van der Waals surface area contributed by atoms with Crippen molar-refractivity contribution in [3.8, 4) is 0 Å². The van der Waals surface area contributed by atoms with Crippen LogP contribution in [0.15, 0.2) is 0 Å². The van der Waals surface area contributed by atoms with E-state index in [2.05, 4.69) is 13.6 Å². The van der Waals surface area contributed by atoms with E-state index < -0.39 is 8.60 Å². The molecule has 0 atom stereocenters. The van der Waals surface area contributed by atoms with Crippen LogP contribution in [0, 0.1) is 0 Å². The summed E-state index contributed by atoms with van der Waals surface area (Å²) in [6.45, 7) is 0. The Kier molecular flexibility index (Phi) is 14.8. The van der Waals surface area contributed by atoms with Crippen molar-refractivity contribution >= 4 is 8.60 Å². The highest BCUT2D eigenvalue weighted by Crippen LogP contribution is 2.35. The fraction of sp³-hybridized carbons (Fsp3) is 1.00. The lowest BCUT2D eigenvalue weighted by Crippen LogP contribution is -1.81. The van der Waals surface area contributed by atoms with Crippen LogP contribution in [0.3, 0.4) is 0 Å². The Morgan fingerprint density at radius 1 is 0.889 bits per heavy atom. The minimum atomic E-state index is -1.05. The number of hydrogen-bond acceptors (Lipinski definition) is 4. The molecule has 0 aromatic heterocycles. The Bertz CT molecular complexity index is 34.0. The monoisotopic (exact) mass is 156 g/mol. The molecular weight excluding hydrogens is 143 g/mol. The lowest BCUT2D eigenvalue weighted by Gasteiger charge is -2.05. The molecule has 9 heavy (non-hydrogen) atoms. The van der Waals surface area contributed by atoms with E-state index in [9.17, 15) is 0 Å². The molecule has 0 saturated carbocycles. The van der Waals surface area contributed by atoms with Crippen LogP contribution in [-0.4, -0.2) is 33.5 Å². The molecule has 0 saturated heterocycles. The Morgan fingerprint density at radius 2 is 1.11 bits per heavy atom. The largest absolute Gasteiger partial charge is 0.400 e. The van der Waals surface area contributed by atoms with E-state index in [0.717, 1.165) is 7.11 Å². The topological polar surface area (TPSA) is 47.9 Å². The molecule has 58 valence electrons. The number of hydrogen-bond donors (Lipinski definition) is 1. The van der Waals surface area contributed by atoms with Gasteiger partial charge in [0.05, 0.1) is 0 Å². The van der Waals surface area contributed by atoms with Gasteiger partial charge in [0.15, 0.2) is 0 Å². The van der Waals surface area contributed by atoms with Crippen LogP contribution in [0.25, 0.3) is 0 Å². The van der Waals surface area contributed by atoms with Crippen molar-refractivity contribution in [1.82, 2.24) is 0 Å². The molecule has 0 aromatic carbocycles. The summed E-state index contributed by atoms with van der Waals surface area (Å²) in [6, 6.07) is 0. The summed E-state index contributed by atoms with van der Waals surface area (Å²) in [7, 11) is 4.57. The van der Waals surface area contributed by atoms with Crippen LogP contribution in [0.2, 0.25) is 0 Å². The molecule has 0 unspecified atom stereocenters. The Hall–Kier alpha value is 0.270. The molecule has 0 amide bonds. The van der Waals surface area contributed by atoms with E-state index in [1.54, 1.807) is 21.3 Å². The second kappa shape index (κ2) is 11.1. The first-order valence-electron chi connectivity index (χ1n) is 2.22. The minimum Gasteiger partial charge on any atom is -0.400 e. The fourth-order valence-corrected chi connectivity index (χ4v) is 0.671. The molecule has 0 bridgehead atoms. The van der Waals surface area contributed by atoms with Gasteiger partial charge in [0.25, 0.3) is 0 Å². The molecule has 0 aliphatic carbocycles. The highest BCUT2D eigenvalue weighted by molar-refractivity contribution is 7.41. The first-order chi connectivity index (χ1) is 4.35. The van der Waals surface area contributed by atoms with Gasteiger partial charge in [-0.05, 0) is 0 Å². The van der Waals surface area contributed by atoms with Gasteiger partial charge in [0, 0.05) is 28.4 Å². The van der Waals surface area contributed by atoms with Crippen LogP contribution in [0.4, 0.5) is 0 Å². The van der Waals surface area contributed by atoms with Crippen LogP contribution >= 0.6 is 8.60 Å². The van der Waals surface area contributed by atoms with Crippen molar-refractivity contribution in [3.63, 3.8) is 0 Å². The maximum absolute atomic E-state index is 7.00. The highest BCUT2D eigenvalue weighted by atomic mass is 31.2. The first kappa shape index (κ1) is 12.0. The number of rotatable bonds is 3. The molecule has 0 heterocycles. The summed E-state index contributed by atoms with van der Waals surface area (Å²) in [5.41, 5.74) is 0. The van der Waals surface area contributed by atoms with E-state index in [1.165, 1.54) is 0 Å². The second-order valence-corrected chi connectivity index (χ2v) is 2.31. The summed E-state index contributed by atoms with van der Waals surface area (Å²) in [4.78, 5) is 0. The second-order valence-electron chi connectivity index (χ2n) is 0.771. The highest BCUT2D eigenvalue weighted by Gasteiger charge is 2.00. The number of aliphatic hydroxyl groups excluding tert-OH is 1. The van der Waals surface area contributed by atoms with Gasteiger partial charge in [-0.25, -0.2) is 0 Å². The molecule has 4 nitrogen and oxygen atoms in total. The summed E-state index contributed by atoms with van der Waals surface area (Å²) in [5.74, 6) is 0. The van der Waals surface area contributed by atoms with Crippen molar-refractivity contribution < 1.29 is 18.7 Å². The molecule has 0 aromatic rings. The van der Waals surface area contributed by atoms with E-state index >= 15 is 0 Å². The number of aliphatic hydroxyl groups is 1. The van der Waals surface area contributed by atoms with Crippen LogP contribution in [-0.2, 0) is 13.6 Å². The lowest BCUT2D eigenvalue weighted by molar-refractivity contribution is 0.239. The van der Waals surface area contributed by atoms with Gasteiger partial charge in [-0.1, -0.05) is 0 Å². The maximum Gasteiger partial charge on any atom is 0.331 e. The third kappa shape index (κ3) is 8.27. The molecular formula is C4H13O4P. The zero-order valence-electron chi connectivity index (χ0n) is 6.12. The minimum absolute atomic E-state index is 1.00. The van der Waals surface area contributed by atoms with Crippen LogP contribution in [0.5, 0.6) is 0 Å². The van der Waals surface area contributed by atoms with Crippen LogP contribution in [0.1, 0.15) is 0 Å². The van der Waals surface area contributed by atoms with E-state index in [0.29, 0.717) is 0 Å². The summed E-state index contributed by atoms with van der Waals surface area (Å²) in [6.07, 6.45) is 0. The zero-order valence-corrected chi connectivity index (χ0v) is 7.01. The smallest absolute Gasteiger partial charge is 0.331 e. The van der Waals surface area contributed by atoms with Crippen molar-refractivity contribution in [2.24, 2.45) is 0 Å². The SMILES string of the molecule is CO.COP(OC)OC. The molecule has 0 aliphatic heterocycles. The summed E-state index contributed by atoms with van der Waals surface area (Å²) < 4.78 is 14.0. The molecule has 0 fully saturated rings. The first-order valence-corrected chi connectivity index (χ1v) is 3.32. The van der Waals surface area contributed by atoms with E-state index in [1.807, 2.05) is 0 Å². The molecule has 0 rings (SSSR count). The Balaban J connectivity index is 0. The molecule has 0 radical (unpaired) electrons. The quantitative estimate of drug-likeness (QED) is 0.613. The van der Waals surface area contributed by atoms with E-state index in [-0.39, 0.29) is 0 Å². The van der Waals surface area contributed by atoms with Crippen molar-refractivity contribution in [2.45, 2.75) is 0 Å². The van der Waals surface area contributed by atoms with Gasteiger partial charge in [-0.15, -0.1) is 0 Å². The van der Waals surface area contributed by atoms with Crippen molar-refractivity contribution in [2.75, 3.05) is 28.4 Å². The Morgan fingerprint density at radius 3 is 1.11 bits per heavy atom. The van der Waals surface area contributed by atoms with Gasteiger partial charge >= 0.3 is 8.60 Å². The normalized spacial score (nSPS) is 8.67. The lowest BCUT2D eigenvalue weighted by atomic mass is 11.8. The third-order valence-electron chi connectivity index (χ3n) is 0.447. The maximum atomic E-state index is 7.00. The van der Waals surface area contributed by atoms with Gasteiger partial charge in [-0.3, -0.25) is 0 Å². The molecule has 5 heteroatoms. The average molecular weight is 156 g/mol.